The van der Waals surface area contributed by atoms with E-state index in [2.05, 4.69) is 87.0 Å². The smallest absolute Gasteiger partial charge is 0.161 e. The van der Waals surface area contributed by atoms with E-state index in [1.165, 1.54) is 0 Å². The molecule has 0 saturated heterocycles. The molecule has 13 aromatic rings. The number of pyridine rings is 6. The maximum atomic E-state index is 6.94. The predicted molar refractivity (Wildman–Crippen MR) is 272 cm³/mol. The average Bonchev–Trinajstić information content (AvgIpc) is 4.13. The molecule has 0 unspecified atom stereocenters. The van der Waals surface area contributed by atoms with Crippen LogP contribution < -0.4 is 5.32 Å². The first-order chi connectivity index (χ1) is 34.2. The van der Waals surface area contributed by atoms with Gasteiger partial charge >= 0.3 is 0 Å². The monoisotopic (exact) mass is 889 g/mol. The van der Waals surface area contributed by atoms with Gasteiger partial charge in [0, 0.05) is 111 Å². The number of fused-ring (bicyclic) bond motifs is 9. The van der Waals surface area contributed by atoms with E-state index >= 15 is 0 Å². The molecule has 14 rings (SSSR count). The molecule has 0 bridgehead atoms. The SMILES string of the molecule is C1=C(c2ccc(-c3ccnc4c3oc3c(-c5cccnc5)cccc34)c(-c3ccnc4c3oc3ccc(-c5cccc(-c6ccccn6)n5)cc34)c2)c2oc3c(-c4cccnc4)cccc3c2NC1. The zero-order valence-electron chi connectivity index (χ0n) is 36.6. The van der Waals surface area contributed by atoms with Gasteiger partial charge < -0.3 is 18.6 Å². The fraction of sp³-hybridized carbons (Fsp3) is 0.0169. The second-order valence-corrected chi connectivity index (χ2v) is 17.0. The van der Waals surface area contributed by atoms with Gasteiger partial charge in [-0.1, -0.05) is 66.7 Å². The second-order valence-electron chi connectivity index (χ2n) is 17.0. The van der Waals surface area contributed by atoms with E-state index in [1.54, 1.807) is 18.6 Å². The van der Waals surface area contributed by atoms with E-state index in [0.29, 0.717) is 17.7 Å². The normalized spacial score (nSPS) is 12.5. The summed E-state index contributed by atoms with van der Waals surface area (Å²) in [5, 5.41) is 6.45. The lowest BCUT2D eigenvalue weighted by atomic mass is 9.89. The van der Waals surface area contributed by atoms with Crippen molar-refractivity contribution in [1.82, 2.24) is 29.9 Å². The van der Waals surface area contributed by atoms with Gasteiger partial charge in [0.1, 0.15) is 27.8 Å². The standard InChI is InChI=1S/C59H35N7O3/c1-2-26-62-49(14-1)50-16-5-15-48(66-50)35-18-20-51-47(31-35)54-58(67-51)43(23-29-65-54)46-30-34(40-21-27-63-52-44-12-3-10-38(55(44)68-57(40)52)36-8-6-24-60-32-36)17-19-41(46)42-22-28-64-53-45-13-4-11-39(56(45)69-59(42)53)37-9-7-25-61-33-37/h1-26,28-33,63H,27H2. The molecule has 0 spiro atoms. The molecular formula is C59H35N7O3. The summed E-state index contributed by atoms with van der Waals surface area (Å²) < 4.78 is 20.7. The highest BCUT2D eigenvalue weighted by molar-refractivity contribution is 6.14. The highest BCUT2D eigenvalue weighted by Gasteiger charge is 2.27. The molecule has 10 heteroatoms. The Morgan fingerprint density at radius 1 is 0.406 bits per heavy atom. The first-order valence-electron chi connectivity index (χ1n) is 22.7. The van der Waals surface area contributed by atoms with Crippen molar-refractivity contribution in [1.29, 1.82) is 0 Å². The third kappa shape index (κ3) is 6.27. The second kappa shape index (κ2) is 15.5. The molecule has 324 valence electrons. The number of benzene rings is 4. The first-order valence-corrected chi connectivity index (χ1v) is 22.7. The van der Waals surface area contributed by atoms with Gasteiger partial charge in [-0.05, 0) is 102 Å². The van der Waals surface area contributed by atoms with Crippen LogP contribution in [-0.2, 0) is 0 Å². The summed E-state index contributed by atoms with van der Waals surface area (Å²) in [6, 6.07) is 49.1. The van der Waals surface area contributed by atoms with Crippen molar-refractivity contribution < 1.29 is 13.3 Å². The Hall–Kier alpha value is -9.54. The molecule has 0 amide bonds. The van der Waals surface area contributed by atoms with Gasteiger partial charge in [-0.3, -0.25) is 24.9 Å². The average molecular weight is 890 g/mol. The Morgan fingerprint density at radius 2 is 1.10 bits per heavy atom. The van der Waals surface area contributed by atoms with Gasteiger partial charge in [-0.15, -0.1) is 0 Å². The molecule has 0 aliphatic carbocycles. The zero-order chi connectivity index (χ0) is 45.4. The largest absolute Gasteiger partial charge is 0.454 e. The van der Waals surface area contributed by atoms with Gasteiger partial charge in [0.05, 0.1) is 22.8 Å². The van der Waals surface area contributed by atoms with Gasteiger partial charge in [0.15, 0.2) is 16.9 Å². The Morgan fingerprint density at radius 3 is 1.87 bits per heavy atom. The molecule has 0 atom stereocenters. The van der Waals surface area contributed by atoms with Crippen LogP contribution in [-0.4, -0.2) is 36.4 Å². The molecule has 69 heavy (non-hydrogen) atoms. The zero-order valence-corrected chi connectivity index (χ0v) is 36.6. The molecule has 0 fully saturated rings. The van der Waals surface area contributed by atoms with Crippen LogP contribution in [0.25, 0.3) is 128 Å². The van der Waals surface area contributed by atoms with E-state index in [4.69, 9.17) is 28.2 Å². The lowest BCUT2D eigenvalue weighted by molar-refractivity contribution is 0.601. The number of hydrogen-bond acceptors (Lipinski definition) is 10. The number of nitrogens with zero attached hydrogens (tertiary/aromatic N) is 6. The van der Waals surface area contributed by atoms with Crippen LogP contribution in [0, 0.1) is 0 Å². The van der Waals surface area contributed by atoms with Crippen LogP contribution in [0.4, 0.5) is 5.69 Å². The third-order valence-electron chi connectivity index (χ3n) is 13.1. The highest BCUT2D eigenvalue weighted by Crippen LogP contribution is 2.48. The molecule has 1 N–H and O–H groups in total. The quantitative estimate of drug-likeness (QED) is 0.165. The fourth-order valence-corrected chi connectivity index (χ4v) is 9.92. The van der Waals surface area contributed by atoms with Crippen molar-refractivity contribution in [2.24, 2.45) is 0 Å². The summed E-state index contributed by atoms with van der Waals surface area (Å²) in [4.78, 5) is 28.2. The molecule has 10 heterocycles. The number of anilines is 1. The van der Waals surface area contributed by atoms with Crippen LogP contribution in [0.15, 0.2) is 208 Å². The maximum Gasteiger partial charge on any atom is 0.161 e. The lowest BCUT2D eigenvalue weighted by Crippen LogP contribution is -2.07. The minimum Gasteiger partial charge on any atom is -0.454 e. The summed E-state index contributed by atoms with van der Waals surface area (Å²) in [5.74, 6) is 0.773. The Bertz CT molecular complexity index is 4200. The van der Waals surface area contributed by atoms with E-state index in [0.717, 1.165) is 134 Å². The van der Waals surface area contributed by atoms with Crippen LogP contribution in [0.2, 0.25) is 0 Å². The summed E-state index contributed by atoms with van der Waals surface area (Å²) in [5.41, 5.74) is 19.0. The van der Waals surface area contributed by atoms with Crippen molar-refractivity contribution in [3.63, 3.8) is 0 Å². The van der Waals surface area contributed by atoms with Crippen LogP contribution in [0.1, 0.15) is 11.3 Å². The van der Waals surface area contributed by atoms with E-state index in [9.17, 15) is 0 Å². The van der Waals surface area contributed by atoms with Crippen molar-refractivity contribution >= 4 is 66.4 Å². The molecular weight excluding hydrogens is 855 g/mol. The van der Waals surface area contributed by atoms with E-state index in [1.807, 2.05) is 110 Å². The van der Waals surface area contributed by atoms with Gasteiger partial charge in [0.25, 0.3) is 0 Å². The van der Waals surface area contributed by atoms with Crippen LogP contribution >= 0.6 is 0 Å². The van der Waals surface area contributed by atoms with Crippen molar-refractivity contribution in [2.45, 2.75) is 0 Å². The van der Waals surface area contributed by atoms with Crippen molar-refractivity contribution in [3.8, 4) is 67.2 Å². The fourth-order valence-electron chi connectivity index (χ4n) is 9.92. The lowest BCUT2D eigenvalue weighted by Gasteiger charge is -2.18. The molecule has 9 aromatic heterocycles. The number of rotatable bonds is 7. The Labute approximate surface area is 393 Å². The summed E-state index contributed by atoms with van der Waals surface area (Å²) >= 11 is 0. The van der Waals surface area contributed by atoms with Gasteiger partial charge in [-0.2, -0.15) is 0 Å². The molecule has 0 radical (unpaired) electrons. The number of hydrogen-bond donors (Lipinski definition) is 1. The summed E-state index contributed by atoms with van der Waals surface area (Å²) in [6.07, 6.45) is 15.0. The number of aromatic nitrogens is 6. The summed E-state index contributed by atoms with van der Waals surface area (Å²) in [7, 11) is 0. The maximum absolute atomic E-state index is 6.94. The molecule has 1 aliphatic rings. The van der Waals surface area contributed by atoms with Gasteiger partial charge in [-0.25, -0.2) is 4.98 Å². The Kier molecular flexibility index (Phi) is 8.71. The van der Waals surface area contributed by atoms with E-state index < -0.39 is 0 Å². The summed E-state index contributed by atoms with van der Waals surface area (Å²) in [6.45, 7) is 0.624. The van der Waals surface area contributed by atoms with E-state index in [-0.39, 0.29) is 0 Å². The topological polar surface area (TPSA) is 129 Å². The Balaban J connectivity index is 0.971. The number of nitrogens with one attached hydrogen (secondary N) is 1. The minimum absolute atomic E-state index is 0.624. The minimum atomic E-state index is 0.624. The number of furan rings is 3. The van der Waals surface area contributed by atoms with Crippen LogP contribution in [0.3, 0.4) is 0 Å². The molecule has 0 saturated carbocycles. The number of para-hydroxylation sites is 2. The third-order valence-corrected chi connectivity index (χ3v) is 13.1. The molecule has 4 aromatic carbocycles. The molecule has 10 nitrogen and oxygen atoms in total. The van der Waals surface area contributed by atoms with Crippen molar-refractivity contribution in [3.05, 3.63) is 206 Å². The molecule has 1 aliphatic heterocycles. The van der Waals surface area contributed by atoms with Gasteiger partial charge in [0.2, 0.25) is 0 Å². The highest BCUT2D eigenvalue weighted by atomic mass is 16.3. The predicted octanol–water partition coefficient (Wildman–Crippen LogP) is 14.5. The van der Waals surface area contributed by atoms with Crippen LogP contribution in [0.5, 0.6) is 0 Å². The van der Waals surface area contributed by atoms with Crippen molar-refractivity contribution in [2.75, 3.05) is 11.9 Å². The first kappa shape index (κ1) is 38.7.